The minimum absolute atomic E-state index is 0.0359. The fourth-order valence-electron chi connectivity index (χ4n) is 3.13. The van der Waals surface area contributed by atoms with Crippen molar-refractivity contribution in [3.63, 3.8) is 0 Å². The number of aromatic nitrogens is 2. The second-order valence-electron chi connectivity index (χ2n) is 6.55. The number of fused-ring (bicyclic) bond motifs is 2. The number of benzene rings is 1. The lowest BCUT2D eigenvalue weighted by molar-refractivity contribution is 0.102. The van der Waals surface area contributed by atoms with Gasteiger partial charge in [0.2, 0.25) is 0 Å². The lowest BCUT2D eigenvalue weighted by atomic mass is 10.1. The molecule has 0 amide bonds. The molecule has 0 saturated heterocycles. The smallest absolute Gasteiger partial charge is 0.172 e. The summed E-state index contributed by atoms with van der Waals surface area (Å²) in [5, 5.41) is 3.98. The molecule has 1 aliphatic rings. The maximum absolute atomic E-state index is 12.2. The Hall–Kier alpha value is -3.00. The Kier molecular flexibility index (Phi) is 4.95. The van der Waals surface area contributed by atoms with Crippen molar-refractivity contribution in [2.24, 2.45) is 4.99 Å². The first kappa shape index (κ1) is 18.4. The molecule has 0 unspecified atom stereocenters. The van der Waals surface area contributed by atoms with Crippen LogP contribution >= 0.6 is 11.3 Å². The molecule has 7 nitrogen and oxygen atoms in total. The highest BCUT2D eigenvalue weighted by Gasteiger charge is 2.21. The van der Waals surface area contributed by atoms with Gasteiger partial charge in [0, 0.05) is 38.7 Å². The van der Waals surface area contributed by atoms with Crippen LogP contribution in [0.4, 0.5) is 17.2 Å². The summed E-state index contributed by atoms with van der Waals surface area (Å²) < 4.78 is 5.60. The SMILES string of the molecule is CCN(C)c1ncnc2sc(C(C)=O)c(N=CNc3ccc4c(c3)OCC4)c12. The summed E-state index contributed by atoms with van der Waals surface area (Å²) in [6.07, 6.45) is 4.08. The molecule has 8 heteroatoms. The number of thiophene rings is 1. The van der Waals surface area contributed by atoms with E-state index in [1.807, 2.05) is 31.0 Å². The Bertz CT molecular complexity index is 1080. The number of ketones is 1. The number of Topliss-reactive ketones (excluding diaryl/α,β-unsaturated/α-hetero) is 1. The van der Waals surface area contributed by atoms with Crippen LogP contribution in [0.25, 0.3) is 10.2 Å². The van der Waals surface area contributed by atoms with Crippen LogP contribution in [0.3, 0.4) is 0 Å². The molecule has 0 fully saturated rings. The van der Waals surface area contributed by atoms with Crippen LogP contribution in [0.5, 0.6) is 5.75 Å². The van der Waals surface area contributed by atoms with Crippen molar-refractivity contribution in [2.75, 3.05) is 30.4 Å². The van der Waals surface area contributed by atoms with Gasteiger partial charge in [-0.2, -0.15) is 0 Å². The van der Waals surface area contributed by atoms with Gasteiger partial charge in [0.05, 0.1) is 28.9 Å². The van der Waals surface area contributed by atoms with Gasteiger partial charge < -0.3 is 15.0 Å². The molecule has 0 radical (unpaired) electrons. The third-order valence-electron chi connectivity index (χ3n) is 4.72. The van der Waals surface area contributed by atoms with Gasteiger partial charge in [-0.1, -0.05) is 6.07 Å². The lowest BCUT2D eigenvalue weighted by Gasteiger charge is -2.16. The highest BCUT2D eigenvalue weighted by molar-refractivity contribution is 7.21. The topological polar surface area (TPSA) is 79.7 Å². The minimum Gasteiger partial charge on any atom is -0.493 e. The number of hydrogen-bond acceptors (Lipinski definition) is 7. The fraction of sp³-hybridized carbons (Fsp3) is 0.300. The largest absolute Gasteiger partial charge is 0.493 e. The first-order valence-corrected chi connectivity index (χ1v) is 9.94. The Morgan fingerprint density at radius 2 is 2.29 bits per heavy atom. The van der Waals surface area contributed by atoms with Gasteiger partial charge in [-0.25, -0.2) is 15.0 Å². The van der Waals surface area contributed by atoms with Crippen molar-refractivity contribution >= 4 is 50.9 Å². The van der Waals surface area contributed by atoms with Crippen LogP contribution in [0.1, 0.15) is 29.1 Å². The van der Waals surface area contributed by atoms with Gasteiger partial charge in [-0.05, 0) is 18.6 Å². The van der Waals surface area contributed by atoms with Crippen LogP contribution in [-0.4, -0.2) is 42.3 Å². The number of carbonyl (C=O) groups excluding carboxylic acids is 1. The molecular formula is C20H21N5O2S. The number of hydrogen-bond donors (Lipinski definition) is 1. The average Bonchev–Trinajstić information content (AvgIpc) is 3.31. The van der Waals surface area contributed by atoms with Crippen molar-refractivity contribution in [1.82, 2.24) is 9.97 Å². The van der Waals surface area contributed by atoms with Crippen molar-refractivity contribution in [3.05, 3.63) is 35.0 Å². The molecule has 1 N–H and O–H groups in total. The summed E-state index contributed by atoms with van der Waals surface area (Å²) in [7, 11) is 1.96. The van der Waals surface area contributed by atoms with Gasteiger partial charge in [0.1, 0.15) is 22.7 Å². The highest BCUT2D eigenvalue weighted by atomic mass is 32.1. The molecule has 144 valence electrons. The van der Waals surface area contributed by atoms with Gasteiger partial charge in [0.25, 0.3) is 0 Å². The third kappa shape index (κ3) is 3.31. The standard InChI is InChI=1S/C20H21N5O2S/c1-4-25(3)19-16-17(18(12(2)26)28-20(16)24-11-23-19)22-10-21-14-6-5-13-7-8-27-15(13)9-14/h5-6,9-11H,4,7-8H2,1-3H3,(H,21,22). The first-order valence-electron chi connectivity index (χ1n) is 9.13. The van der Waals surface area contributed by atoms with Gasteiger partial charge in [0.15, 0.2) is 5.78 Å². The first-order chi connectivity index (χ1) is 13.6. The Morgan fingerprint density at radius 3 is 3.07 bits per heavy atom. The van der Waals surface area contributed by atoms with Crippen LogP contribution in [0.2, 0.25) is 0 Å². The molecule has 0 bridgehead atoms. The number of nitrogens with zero attached hydrogens (tertiary/aromatic N) is 4. The Labute approximate surface area is 167 Å². The molecule has 4 rings (SSSR count). The normalized spacial score (nSPS) is 13.0. The molecule has 3 aromatic rings. The van der Waals surface area contributed by atoms with E-state index in [0.29, 0.717) is 10.6 Å². The van der Waals surface area contributed by atoms with E-state index in [0.717, 1.165) is 47.0 Å². The molecule has 2 aromatic heterocycles. The molecule has 1 aliphatic heterocycles. The van der Waals surface area contributed by atoms with Crippen LogP contribution in [0.15, 0.2) is 29.5 Å². The van der Waals surface area contributed by atoms with E-state index in [4.69, 9.17) is 4.74 Å². The average molecular weight is 395 g/mol. The summed E-state index contributed by atoms with van der Waals surface area (Å²) >= 11 is 1.35. The maximum atomic E-state index is 12.2. The summed E-state index contributed by atoms with van der Waals surface area (Å²) in [6, 6.07) is 6.02. The summed E-state index contributed by atoms with van der Waals surface area (Å²) in [4.78, 5) is 28.9. The number of carbonyl (C=O) groups is 1. The van der Waals surface area contributed by atoms with Gasteiger partial charge in [-0.3, -0.25) is 4.79 Å². The van der Waals surface area contributed by atoms with E-state index in [1.165, 1.54) is 23.2 Å². The lowest BCUT2D eigenvalue weighted by Crippen LogP contribution is -2.17. The minimum atomic E-state index is -0.0359. The molecule has 0 aliphatic carbocycles. The number of aliphatic imine (C=N–C) groups is 1. The van der Waals surface area contributed by atoms with Crippen LogP contribution < -0.4 is 15.0 Å². The van der Waals surface area contributed by atoms with E-state index < -0.39 is 0 Å². The molecule has 1 aromatic carbocycles. The van der Waals surface area contributed by atoms with E-state index >= 15 is 0 Å². The van der Waals surface area contributed by atoms with Crippen molar-refractivity contribution in [1.29, 1.82) is 0 Å². The molecule has 3 heterocycles. The van der Waals surface area contributed by atoms with Crippen molar-refractivity contribution in [2.45, 2.75) is 20.3 Å². The maximum Gasteiger partial charge on any atom is 0.172 e. The van der Waals surface area contributed by atoms with Crippen LogP contribution in [-0.2, 0) is 6.42 Å². The molecule has 28 heavy (non-hydrogen) atoms. The third-order valence-corrected chi connectivity index (χ3v) is 5.91. The number of rotatable bonds is 6. The zero-order valence-electron chi connectivity index (χ0n) is 16.0. The predicted molar refractivity (Wildman–Crippen MR) is 114 cm³/mol. The Morgan fingerprint density at radius 1 is 1.43 bits per heavy atom. The summed E-state index contributed by atoms with van der Waals surface area (Å²) in [6.45, 7) is 5.11. The van der Waals surface area contributed by atoms with Gasteiger partial charge >= 0.3 is 0 Å². The van der Waals surface area contributed by atoms with E-state index in [9.17, 15) is 4.79 Å². The van der Waals surface area contributed by atoms with E-state index in [1.54, 1.807) is 13.3 Å². The fourth-order valence-corrected chi connectivity index (χ4v) is 4.11. The van der Waals surface area contributed by atoms with Crippen molar-refractivity contribution < 1.29 is 9.53 Å². The molecular weight excluding hydrogens is 374 g/mol. The zero-order valence-corrected chi connectivity index (χ0v) is 16.8. The monoisotopic (exact) mass is 395 g/mol. The predicted octanol–water partition coefficient (Wildman–Crippen LogP) is 4.06. The molecule has 0 saturated carbocycles. The molecule has 0 atom stereocenters. The van der Waals surface area contributed by atoms with Crippen molar-refractivity contribution in [3.8, 4) is 5.75 Å². The quantitative estimate of drug-likeness (QED) is 0.385. The van der Waals surface area contributed by atoms with E-state index in [-0.39, 0.29) is 5.78 Å². The highest BCUT2D eigenvalue weighted by Crippen LogP contribution is 2.41. The zero-order chi connectivity index (χ0) is 19.7. The summed E-state index contributed by atoms with van der Waals surface area (Å²) in [5.74, 6) is 1.64. The Balaban J connectivity index is 1.71. The van der Waals surface area contributed by atoms with Crippen LogP contribution in [0, 0.1) is 0 Å². The summed E-state index contributed by atoms with van der Waals surface area (Å²) in [5.41, 5.74) is 2.71. The second-order valence-corrected chi connectivity index (χ2v) is 7.55. The van der Waals surface area contributed by atoms with E-state index in [2.05, 4.69) is 26.3 Å². The number of ether oxygens (including phenoxy) is 1. The number of anilines is 2. The number of nitrogens with one attached hydrogen (secondary N) is 1. The second kappa shape index (κ2) is 7.55. The van der Waals surface area contributed by atoms with Gasteiger partial charge in [-0.15, -0.1) is 11.3 Å². The molecule has 0 spiro atoms.